The summed E-state index contributed by atoms with van der Waals surface area (Å²) >= 11 is 3.45. The lowest BCUT2D eigenvalue weighted by atomic mass is 9.90. The average Bonchev–Trinajstić information content (AvgIpc) is 2.34. The van der Waals surface area contributed by atoms with Gasteiger partial charge in [0.1, 0.15) is 17.1 Å². The standard InChI is InChI=1S/C14H17BrO4/c1-7(16)8-5-9-11(6-10(8)18-4)19-14(2,3)13(15)12(9)17/h5-6,12-13,17H,1-4H3. The number of Topliss-reactive ketones (excluding diaryl/α,β-unsaturated/α-hetero) is 1. The second kappa shape index (κ2) is 4.80. The molecule has 0 saturated heterocycles. The van der Waals surface area contributed by atoms with Crippen LogP contribution in [-0.2, 0) is 0 Å². The van der Waals surface area contributed by atoms with E-state index in [2.05, 4.69) is 15.9 Å². The number of ether oxygens (including phenoxy) is 2. The lowest BCUT2D eigenvalue weighted by Crippen LogP contribution is -2.45. The zero-order chi connectivity index (χ0) is 14.4. The molecular formula is C14H17BrO4. The molecule has 1 aliphatic rings. The molecule has 1 aliphatic heterocycles. The highest BCUT2D eigenvalue weighted by atomic mass is 79.9. The number of ketones is 1. The number of alkyl halides is 1. The average molecular weight is 329 g/mol. The molecule has 1 aromatic carbocycles. The minimum atomic E-state index is -0.734. The molecule has 19 heavy (non-hydrogen) atoms. The number of halogens is 1. The summed E-state index contributed by atoms with van der Waals surface area (Å²) in [6, 6.07) is 3.31. The number of carbonyl (C=O) groups is 1. The van der Waals surface area contributed by atoms with Crippen molar-refractivity contribution >= 4 is 21.7 Å². The first-order chi connectivity index (χ1) is 8.77. The summed E-state index contributed by atoms with van der Waals surface area (Å²) in [5.41, 5.74) is 0.505. The van der Waals surface area contributed by atoms with Crippen LogP contribution in [0.2, 0.25) is 0 Å². The highest BCUT2D eigenvalue weighted by Crippen LogP contribution is 2.45. The molecule has 4 nitrogen and oxygen atoms in total. The Labute approximate surface area is 120 Å². The second-order valence-corrected chi connectivity index (χ2v) is 6.19. The van der Waals surface area contributed by atoms with Crippen LogP contribution in [0, 0.1) is 0 Å². The van der Waals surface area contributed by atoms with Gasteiger partial charge >= 0.3 is 0 Å². The third-order valence-corrected chi connectivity index (χ3v) is 4.95. The van der Waals surface area contributed by atoms with Gasteiger partial charge in [-0.05, 0) is 26.8 Å². The molecule has 0 fully saturated rings. The minimum absolute atomic E-state index is 0.109. The van der Waals surface area contributed by atoms with Gasteiger partial charge in [-0.1, -0.05) is 15.9 Å². The molecule has 0 aliphatic carbocycles. The van der Waals surface area contributed by atoms with Crippen molar-refractivity contribution in [3.05, 3.63) is 23.3 Å². The van der Waals surface area contributed by atoms with Crippen molar-refractivity contribution in [3.8, 4) is 11.5 Å². The van der Waals surface area contributed by atoms with Gasteiger partial charge in [0, 0.05) is 11.6 Å². The molecule has 0 saturated carbocycles. The van der Waals surface area contributed by atoms with E-state index in [4.69, 9.17) is 9.47 Å². The van der Waals surface area contributed by atoms with E-state index in [1.54, 1.807) is 12.1 Å². The summed E-state index contributed by atoms with van der Waals surface area (Å²) in [6.45, 7) is 5.25. The number of aliphatic hydroxyl groups excluding tert-OH is 1. The summed E-state index contributed by atoms with van der Waals surface area (Å²) in [7, 11) is 1.51. The molecule has 1 N–H and O–H groups in total. The molecule has 1 aromatic rings. The molecule has 5 heteroatoms. The Morgan fingerprint density at radius 3 is 2.63 bits per heavy atom. The molecule has 0 bridgehead atoms. The highest BCUT2D eigenvalue weighted by molar-refractivity contribution is 9.09. The zero-order valence-corrected chi connectivity index (χ0v) is 12.9. The van der Waals surface area contributed by atoms with E-state index < -0.39 is 11.7 Å². The predicted octanol–water partition coefficient (Wildman–Crippen LogP) is 2.87. The van der Waals surface area contributed by atoms with Gasteiger partial charge in [-0.25, -0.2) is 0 Å². The van der Waals surface area contributed by atoms with Crippen LogP contribution in [-0.4, -0.2) is 28.4 Å². The van der Waals surface area contributed by atoms with Gasteiger partial charge in [0.15, 0.2) is 5.78 Å². The van der Waals surface area contributed by atoms with Crippen molar-refractivity contribution in [2.45, 2.75) is 37.3 Å². The number of hydrogen-bond acceptors (Lipinski definition) is 4. The molecule has 1 heterocycles. The van der Waals surface area contributed by atoms with Gasteiger partial charge < -0.3 is 14.6 Å². The van der Waals surface area contributed by atoms with Crippen molar-refractivity contribution < 1.29 is 19.4 Å². The van der Waals surface area contributed by atoms with E-state index in [9.17, 15) is 9.90 Å². The van der Waals surface area contributed by atoms with Crippen molar-refractivity contribution in [2.75, 3.05) is 7.11 Å². The lowest BCUT2D eigenvalue weighted by Gasteiger charge is -2.40. The van der Waals surface area contributed by atoms with Crippen molar-refractivity contribution in [2.24, 2.45) is 0 Å². The maximum Gasteiger partial charge on any atom is 0.163 e. The Hall–Kier alpha value is -1.07. The fraction of sp³-hybridized carbons (Fsp3) is 0.500. The van der Waals surface area contributed by atoms with Gasteiger partial charge in [0.05, 0.1) is 23.6 Å². The molecule has 0 radical (unpaired) electrons. The van der Waals surface area contributed by atoms with Crippen LogP contribution >= 0.6 is 15.9 Å². The summed E-state index contributed by atoms with van der Waals surface area (Å²) in [6.07, 6.45) is -0.734. The summed E-state index contributed by atoms with van der Waals surface area (Å²) in [5, 5.41) is 10.4. The number of carbonyl (C=O) groups excluding carboxylic acids is 1. The van der Waals surface area contributed by atoms with Crippen molar-refractivity contribution in [1.29, 1.82) is 0 Å². The number of hydrogen-bond donors (Lipinski definition) is 1. The molecule has 104 valence electrons. The number of fused-ring (bicyclic) bond motifs is 1. The number of rotatable bonds is 2. The Kier molecular flexibility index (Phi) is 3.62. The number of benzene rings is 1. The van der Waals surface area contributed by atoms with Crippen LogP contribution < -0.4 is 9.47 Å². The predicted molar refractivity (Wildman–Crippen MR) is 75.4 cm³/mol. The first-order valence-corrected chi connectivity index (χ1v) is 6.93. The first-order valence-electron chi connectivity index (χ1n) is 6.02. The largest absolute Gasteiger partial charge is 0.496 e. The maximum atomic E-state index is 11.6. The molecule has 0 amide bonds. The Morgan fingerprint density at radius 1 is 1.47 bits per heavy atom. The van der Waals surface area contributed by atoms with Crippen LogP contribution in [0.1, 0.15) is 42.8 Å². The highest BCUT2D eigenvalue weighted by Gasteiger charge is 2.42. The molecule has 0 spiro atoms. The molecule has 2 atom stereocenters. The van der Waals surface area contributed by atoms with Gasteiger partial charge in [-0.3, -0.25) is 4.79 Å². The third kappa shape index (κ3) is 2.37. The molecule has 2 rings (SSSR count). The van der Waals surface area contributed by atoms with E-state index >= 15 is 0 Å². The minimum Gasteiger partial charge on any atom is -0.496 e. The van der Waals surface area contributed by atoms with Crippen molar-refractivity contribution in [3.63, 3.8) is 0 Å². The van der Waals surface area contributed by atoms with Gasteiger partial charge in [0.2, 0.25) is 0 Å². The number of aliphatic hydroxyl groups is 1. The fourth-order valence-electron chi connectivity index (χ4n) is 2.22. The zero-order valence-electron chi connectivity index (χ0n) is 11.4. The van der Waals surface area contributed by atoms with Crippen LogP contribution in [0.4, 0.5) is 0 Å². The monoisotopic (exact) mass is 328 g/mol. The Morgan fingerprint density at radius 2 is 2.11 bits per heavy atom. The lowest BCUT2D eigenvalue weighted by molar-refractivity contribution is 0.0223. The SMILES string of the molecule is COc1cc2c(cc1C(C)=O)C(O)C(Br)C(C)(C)O2. The topological polar surface area (TPSA) is 55.8 Å². The van der Waals surface area contributed by atoms with E-state index in [0.717, 1.165) is 0 Å². The Balaban J connectivity index is 2.60. The quantitative estimate of drug-likeness (QED) is 0.670. The summed E-state index contributed by atoms with van der Waals surface area (Å²) < 4.78 is 11.1. The maximum absolute atomic E-state index is 11.6. The van der Waals surface area contributed by atoms with Gasteiger partial charge in [-0.15, -0.1) is 0 Å². The first kappa shape index (κ1) is 14.3. The fourth-order valence-corrected chi connectivity index (χ4v) is 2.60. The third-order valence-electron chi connectivity index (χ3n) is 3.34. The summed E-state index contributed by atoms with van der Waals surface area (Å²) in [5.74, 6) is 0.903. The van der Waals surface area contributed by atoms with Crippen LogP contribution in [0.3, 0.4) is 0 Å². The van der Waals surface area contributed by atoms with Gasteiger partial charge in [0.25, 0.3) is 0 Å². The van der Waals surface area contributed by atoms with Gasteiger partial charge in [-0.2, -0.15) is 0 Å². The van der Waals surface area contributed by atoms with Crippen LogP contribution in [0.5, 0.6) is 11.5 Å². The van der Waals surface area contributed by atoms with Crippen molar-refractivity contribution in [1.82, 2.24) is 0 Å². The number of methoxy groups -OCH3 is 1. The van der Waals surface area contributed by atoms with Crippen LogP contribution in [0.25, 0.3) is 0 Å². The smallest absolute Gasteiger partial charge is 0.163 e. The molecule has 0 aromatic heterocycles. The van der Waals surface area contributed by atoms with E-state index in [0.29, 0.717) is 22.6 Å². The second-order valence-electron chi connectivity index (χ2n) is 5.20. The van der Waals surface area contributed by atoms with E-state index in [1.165, 1.54) is 14.0 Å². The molecule has 2 unspecified atom stereocenters. The van der Waals surface area contributed by atoms with Crippen LogP contribution in [0.15, 0.2) is 12.1 Å². The normalized spacial score (nSPS) is 24.3. The van der Waals surface area contributed by atoms with E-state index in [1.807, 2.05) is 13.8 Å². The van der Waals surface area contributed by atoms with E-state index in [-0.39, 0.29) is 10.6 Å². The summed E-state index contributed by atoms with van der Waals surface area (Å²) in [4.78, 5) is 11.4. The Bertz CT molecular complexity index is 524. The molecular weight excluding hydrogens is 312 g/mol.